The highest BCUT2D eigenvalue weighted by atomic mass is 32.2. The second kappa shape index (κ2) is 9.14. The summed E-state index contributed by atoms with van der Waals surface area (Å²) in [6.45, 7) is 3.28. The molecule has 1 fully saturated rings. The van der Waals surface area contributed by atoms with Crippen LogP contribution in [0.5, 0.6) is 11.5 Å². The summed E-state index contributed by atoms with van der Waals surface area (Å²) < 4.78 is 10.7. The zero-order chi connectivity index (χ0) is 18.4. The largest absolute Gasteiger partial charge is 0.493 e. The minimum atomic E-state index is 0.435. The van der Waals surface area contributed by atoms with Crippen LogP contribution in [0.1, 0.15) is 19.3 Å². The second-order valence-electron chi connectivity index (χ2n) is 6.30. The molecule has 0 amide bonds. The molecular formula is C18H27N5O2S. The number of thioether (sulfide) groups is 1. The summed E-state index contributed by atoms with van der Waals surface area (Å²) in [5, 5.41) is 4.04. The monoisotopic (exact) mass is 377 g/mol. The zero-order valence-electron chi connectivity index (χ0n) is 15.5. The molecule has 1 aliphatic rings. The summed E-state index contributed by atoms with van der Waals surface area (Å²) in [5.41, 5.74) is 6.84. The quantitative estimate of drug-likeness (QED) is 0.645. The van der Waals surface area contributed by atoms with Crippen molar-refractivity contribution >= 4 is 34.4 Å². The van der Waals surface area contributed by atoms with Crippen molar-refractivity contribution in [2.24, 2.45) is 0 Å². The molecule has 26 heavy (non-hydrogen) atoms. The molecule has 3 rings (SSSR count). The van der Waals surface area contributed by atoms with Gasteiger partial charge in [-0.05, 0) is 25.5 Å². The average Bonchev–Trinajstić information content (AvgIpc) is 3.17. The van der Waals surface area contributed by atoms with E-state index in [-0.39, 0.29) is 0 Å². The number of benzene rings is 1. The van der Waals surface area contributed by atoms with Crippen LogP contribution in [0.4, 0.5) is 11.8 Å². The van der Waals surface area contributed by atoms with E-state index in [4.69, 9.17) is 15.2 Å². The first kappa shape index (κ1) is 18.8. The van der Waals surface area contributed by atoms with Crippen molar-refractivity contribution in [3.63, 3.8) is 0 Å². The molecule has 1 aliphatic heterocycles. The number of aromatic nitrogens is 2. The summed E-state index contributed by atoms with van der Waals surface area (Å²) in [7, 11) is 3.20. The van der Waals surface area contributed by atoms with Crippen molar-refractivity contribution < 1.29 is 9.47 Å². The smallest absolute Gasteiger partial charge is 0.225 e. The Morgan fingerprint density at radius 1 is 1.15 bits per heavy atom. The van der Waals surface area contributed by atoms with Gasteiger partial charge in [0.2, 0.25) is 5.95 Å². The van der Waals surface area contributed by atoms with Gasteiger partial charge in [0.05, 0.1) is 19.7 Å². The van der Waals surface area contributed by atoms with Crippen LogP contribution in [0.3, 0.4) is 0 Å². The highest BCUT2D eigenvalue weighted by Crippen LogP contribution is 2.33. The Bertz CT molecular complexity index is 737. The fraction of sp³-hybridized carbons (Fsp3) is 0.556. The van der Waals surface area contributed by atoms with Crippen LogP contribution in [0, 0.1) is 0 Å². The van der Waals surface area contributed by atoms with E-state index in [2.05, 4.69) is 20.2 Å². The first-order chi connectivity index (χ1) is 12.7. The molecule has 0 bridgehead atoms. The van der Waals surface area contributed by atoms with Crippen LogP contribution in [0.15, 0.2) is 12.1 Å². The van der Waals surface area contributed by atoms with Gasteiger partial charge in [-0.25, -0.2) is 4.98 Å². The summed E-state index contributed by atoms with van der Waals surface area (Å²) in [5.74, 6) is 4.70. The van der Waals surface area contributed by atoms with Gasteiger partial charge in [-0.15, -0.1) is 11.8 Å². The van der Waals surface area contributed by atoms with Crippen LogP contribution in [0.2, 0.25) is 0 Å². The fourth-order valence-electron chi connectivity index (χ4n) is 3.02. The van der Waals surface area contributed by atoms with Crippen LogP contribution < -0.4 is 20.5 Å². The molecule has 0 radical (unpaired) electrons. The number of hydrogen-bond donors (Lipinski definition) is 2. The Labute approximate surface area is 158 Å². The van der Waals surface area contributed by atoms with Crippen LogP contribution in [-0.2, 0) is 0 Å². The number of hydrogen-bond acceptors (Lipinski definition) is 8. The fourth-order valence-corrected chi connectivity index (χ4v) is 4.06. The number of nitrogens with zero attached hydrogens (tertiary/aromatic N) is 3. The Morgan fingerprint density at radius 2 is 1.96 bits per heavy atom. The molecule has 0 spiro atoms. The highest BCUT2D eigenvalue weighted by Gasteiger charge is 2.12. The van der Waals surface area contributed by atoms with E-state index >= 15 is 0 Å². The number of rotatable bonds is 9. The van der Waals surface area contributed by atoms with Gasteiger partial charge in [-0.3, -0.25) is 4.90 Å². The topological polar surface area (TPSA) is 85.5 Å². The van der Waals surface area contributed by atoms with Crippen LogP contribution in [-0.4, -0.2) is 60.4 Å². The van der Waals surface area contributed by atoms with Gasteiger partial charge in [-0.1, -0.05) is 6.42 Å². The molecule has 1 aromatic heterocycles. The number of ether oxygens (including phenoxy) is 2. The van der Waals surface area contributed by atoms with E-state index in [0.717, 1.165) is 23.9 Å². The van der Waals surface area contributed by atoms with E-state index in [1.165, 1.54) is 37.6 Å². The van der Waals surface area contributed by atoms with Crippen molar-refractivity contribution in [3.05, 3.63) is 12.1 Å². The molecular weight excluding hydrogens is 350 g/mol. The van der Waals surface area contributed by atoms with Gasteiger partial charge in [0.1, 0.15) is 5.82 Å². The molecule has 3 N–H and O–H groups in total. The van der Waals surface area contributed by atoms with E-state index in [1.807, 2.05) is 23.9 Å². The average molecular weight is 378 g/mol. The van der Waals surface area contributed by atoms with Crippen molar-refractivity contribution in [1.82, 2.24) is 14.9 Å². The van der Waals surface area contributed by atoms with Gasteiger partial charge in [-0.2, -0.15) is 4.98 Å². The molecule has 8 heteroatoms. The molecule has 0 saturated carbocycles. The summed E-state index contributed by atoms with van der Waals surface area (Å²) in [4.78, 5) is 11.4. The molecule has 1 aromatic carbocycles. The maximum atomic E-state index is 6.10. The van der Waals surface area contributed by atoms with Gasteiger partial charge < -0.3 is 20.5 Å². The predicted molar refractivity (Wildman–Crippen MR) is 108 cm³/mol. The normalized spacial score (nSPS) is 14.7. The van der Waals surface area contributed by atoms with Gasteiger partial charge in [0, 0.05) is 36.2 Å². The summed E-state index contributed by atoms with van der Waals surface area (Å²) in [6.07, 6.45) is 3.52. The SMILES string of the molecule is COc1cc2nc(NCCCCCN3CCSC3)nc(N)c2cc1OC. The molecule has 142 valence electrons. The number of unbranched alkanes of at least 4 members (excludes halogenated alkanes) is 2. The number of fused-ring (bicyclic) bond motifs is 1. The van der Waals surface area contributed by atoms with E-state index in [1.54, 1.807) is 14.2 Å². The standard InChI is InChI=1S/C18H27N5O2S/c1-24-15-10-13-14(11-16(15)25-2)21-18(22-17(13)19)20-6-4-3-5-7-23-8-9-26-12-23/h10-11H,3-9,12H2,1-2H3,(H3,19,20,21,22). The zero-order valence-corrected chi connectivity index (χ0v) is 16.3. The van der Waals surface area contributed by atoms with Crippen molar-refractivity contribution in [3.8, 4) is 11.5 Å². The van der Waals surface area contributed by atoms with Crippen LogP contribution >= 0.6 is 11.8 Å². The molecule has 2 heterocycles. The summed E-state index contributed by atoms with van der Waals surface area (Å²) in [6, 6.07) is 3.63. The Hall–Kier alpha value is -1.93. The Kier molecular flexibility index (Phi) is 6.62. The molecule has 1 saturated heterocycles. The van der Waals surface area contributed by atoms with Gasteiger partial charge >= 0.3 is 0 Å². The molecule has 2 aromatic rings. The second-order valence-corrected chi connectivity index (χ2v) is 7.37. The minimum Gasteiger partial charge on any atom is -0.493 e. The Balaban J connectivity index is 1.54. The van der Waals surface area contributed by atoms with Crippen LogP contribution in [0.25, 0.3) is 10.9 Å². The molecule has 0 aliphatic carbocycles. The van der Waals surface area contributed by atoms with E-state index in [0.29, 0.717) is 23.3 Å². The van der Waals surface area contributed by atoms with Gasteiger partial charge in [0.15, 0.2) is 11.5 Å². The molecule has 0 unspecified atom stereocenters. The van der Waals surface area contributed by atoms with E-state index < -0.39 is 0 Å². The lowest BCUT2D eigenvalue weighted by Crippen LogP contribution is -2.20. The molecule has 0 atom stereocenters. The van der Waals surface area contributed by atoms with Gasteiger partial charge in [0.25, 0.3) is 0 Å². The number of nitrogens with two attached hydrogens (primary N) is 1. The maximum Gasteiger partial charge on any atom is 0.225 e. The van der Waals surface area contributed by atoms with Crippen molar-refractivity contribution in [1.29, 1.82) is 0 Å². The number of anilines is 2. The predicted octanol–water partition coefficient (Wildman–Crippen LogP) is 2.82. The van der Waals surface area contributed by atoms with Crippen molar-refractivity contribution in [2.45, 2.75) is 19.3 Å². The lowest BCUT2D eigenvalue weighted by Gasteiger charge is -2.13. The van der Waals surface area contributed by atoms with Crippen molar-refractivity contribution in [2.75, 3.05) is 56.5 Å². The number of nitrogens with one attached hydrogen (secondary N) is 1. The summed E-state index contributed by atoms with van der Waals surface area (Å²) >= 11 is 2.02. The third-order valence-electron chi connectivity index (χ3n) is 4.49. The highest BCUT2D eigenvalue weighted by molar-refractivity contribution is 7.99. The lowest BCUT2D eigenvalue weighted by atomic mass is 10.2. The Morgan fingerprint density at radius 3 is 2.69 bits per heavy atom. The van der Waals surface area contributed by atoms with E-state index in [9.17, 15) is 0 Å². The first-order valence-corrected chi connectivity index (χ1v) is 10.1. The lowest BCUT2D eigenvalue weighted by molar-refractivity contribution is 0.345. The minimum absolute atomic E-state index is 0.435. The third-order valence-corrected chi connectivity index (χ3v) is 5.51. The third kappa shape index (κ3) is 4.62. The number of nitrogen functional groups attached to an aromatic ring is 1. The molecule has 7 nitrogen and oxygen atoms in total. The number of methoxy groups -OCH3 is 2. The first-order valence-electron chi connectivity index (χ1n) is 8.94. The maximum absolute atomic E-state index is 6.10.